The molecular formula is C22H34N2. The van der Waals surface area contributed by atoms with Crippen LogP contribution in [0.2, 0.25) is 0 Å². The Morgan fingerprint density at radius 2 is 1.25 bits per heavy atom. The van der Waals surface area contributed by atoms with Gasteiger partial charge in [-0.25, -0.2) is 0 Å². The first-order valence-corrected chi connectivity index (χ1v) is 9.83. The molecule has 132 valence electrons. The zero-order chi connectivity index (χ0) is 17.0. The smallest absolute Gasteiger partial charge is 0.0450 e. The molecule has 2 nitrogen and oxygen atoms in total. The van der Waals surface area contributed by atoms with E-state index >= 15 is 0 Å². The number of hydrogen-bond donors (Lipinski definition) is 0. The Labute approximate surface area is 148 Å². The highest BCUT2D eigenvalue weighted by molar-refractivity contribution is 5.51. The summed E-state index contributed by atoms with van der Waals surface area (Å²) >= 11 is 0. The third kappa shape index (κ3) is 6.07. The molecule has 0 fully saturated rings. The predicted octanol–water partition coefficient (Wildman–Crippen LogP) is 6.44. The molecule has 0 bridgehead atoms. The second kappa shape index (κ2) is 11.0. The largest absolute Gasteiger partial charge is 0.372 e. The van der Waals surface area contributed by atoms with Crippen molar-refractivity contribution in [1.82, 2.24) is 4.57 Å². The van der Waals surface area contributed by atoms with Crippen molar-refractivity contribution in [2.45, 2.75) is 65.2 Å². The molecule has 0 N–H and O–H groups in total. The zero-order valence-corrected chi connectivity index (χ0v) is 15.6. The summed E-state index contributed by atoms with van der Waals surface area (Å²) in [5.41, 5.74) is 2.61. The lowest BCUT2D eigenvalue weighted by Gasteiger charge is -2.25. The van der Waals surface area contributed by atoms with Crippen molar-refractivity contribution in [1.29, 1.82) is 0 Å². The van der Waals surface area contributed by atoms with Gasteiger partial charge in [-0.15, -0.1) is 0 Å². The summed E-state index contributed by atoms with van der Waals surface area (Å²) < 4.78 is 2.16. The fourth-order valence-corrected chi connectivity index (χ4v) is 3.17. The Bertz CT molecular complexity index is 516. The van der Waals surface area contributed by atoms with Crippen LogP contribution in [-0.2, 0) is 0 Å². The molecule has 0 aliphatic heterocycles. The maximum atomic E-state index is 2.59. The van der Waals surface area contributed by atoms with Crippen molar-refractivity contribution in [3.8, 4) is 5.69 Å². The van der Waals surface area contributed by atoms with Crippen LogP contribution < -0.4 is 4.90 Å². The maximum absolute atomic E-state index is 2.59. The fourth-order valence-electron chi connectivity index (χ4n) is 3.17. The van der Waals surface area contributed by atoms with Crippen molar-refractivity contribution in [2.24, 2.45) is 0 Å². The summed E-state index contributed by atoms with van der Waals surface area (Å²) in [6, 6.07) is 13.2. The molecule has 1 heterocycles. The molecule has 0 unspecified atom stereocenters. The Hall–Kier alpha value is -1.70. The average molecular weight is 327 g/mol. The topological polar surface area (TPSA) is 8.17 Å². The van der Waals surface area contributed by atoms with Gasteiger partial charge in [-0.1, -0.05) is 52.4 Å². The summed E-state index contributed by atoms with van der Waals surface area (Å²) in [5.74, 6) is 0. The van der Waals surface area contributed by atoms with Gasteiger partial charge in [0.05, 0.1) is 0 Å². The van der Waals surface area contributed by atoms with Gasteiger partial charge in [-0.05, 0) is 49.2 Å². The normalized spacial score (nSPS) is 10.9. The number of anilines is 1. The van der Waals surface area contributed by atoms with Gasteiger partial charge < -0.3 is 9.47 Å². The second-order valence-corrected chi connectivity index (χ2v) is 6.72. The van der Waals surface area contributed by atoms with E-state index in [2.05, 4.69) is 72.1 Å². The van der Waals surface area contributed by atoms with Crippen molar-refractivity contribution >= 4 is 5.69 Å². The highest BCUT2D eigenvalue weighted by Crippen LogP contribution is 2.19. The van der Waals surface area contributed by atoms with E-state index in [4.69, 9.17) is 0 Å². The Balaban J connectivity index is 1.95. The molecule has 2 rings (SSSR count). The molecule has 0 atom stereocenters. The third-order valence-corrected chi connectivity index (χ3v) is 4.68. The number of aromatic nitrogens is 1. The summed E-state index contributed by atoms with van der Waals surface area (Å²) in [7, 11) is 0. The zero-order valence-electron chi connectivity index (χ0n) is 15.6. The van der Waals surface area contributed by atoms with Crippen LogP contribution in [0.1, 0.15) is 65.2 Å². The Morgan fingerprint density at radius 1 is 0.708 bits per heavy atom. The van der Waals surface area contributed by atoms with E-state index in [1.54, 1.807) is 0 Å². The number of benzene rings is 1. The van der Waals surface area contributed by atoms with Gasteiger partial charge in [0, 0.05) is 36.9 Å². The summed E-state index contributed by atoms with van der Waals surface area (Å²) in [6.45, 7) is 6.94. The van der Waals surface area contributed by atoms with Crippen LogP contribution in [0.4, 0.5) is 5.69 Å². The van der Waals surface area contributed by atoms with Crippen LogP contribution in [0.5, 0.6) is 0 Å². The van der Waals surface area contributed by atoms with E-state index in [0.29, 0.717) is 0 Å². The average Bonchev–Trinajstić information content (AvgIpc) is 3.15. The first-order valence-electron chi connectivity index (χ1n) is 9.83. The highest BCUT2D eigenvalue weighted by atomic mass is 15.1. The van der Waals surface area contributed by atoms with E-state index in [-0.39, 0.29) is 0 Å². The van der Waals surface area contributed by atoms with E-state index in [1.807, 2.05) is 0 Å². The van der Waals surface area contributed by atoms with E-state index in [1.165, 1.54) is 75.8 Å². The predicted molar refractivity (Wildman–Crippen MR) is 106 cm³/mol. The lowest BCUT2D eigenvalue weighted by Crippen LogP contribution is -2.25. The van der Waals surface area contributed by atoms with Crippen molar-refractivity contribution in [2.75, 3.05) is 18.0 Å². The van der Waals surface area contributed by atoms with Crippen molar-refractivity contribution in [3.05, 3.63) is 48.8 Å². The van der Waals surface area contributed by atoms with Crippen LogP contribution >= 0.6 is 0 Å². The van der Waals surface area contributed by atoms with Crippen LogP contribution in [0, 0.1) is 0 Å². The summed E-state index contributed by atoms with van der Waals surface area (Å²) in [4.78, 5) is 2.59. The van der Waals surface area contributed by atoms with Gasteiger partial charge in [0.25, 0.3) is 0 Å². The minimum Gasteiger partial charge on any atom is -0.372 e. The molecule has 1 aromatic heterocycles. The van der Waals surface area contributed by atoms with Gasteiger partial charge in [-0.3, -0.25) is 0 Å². The van der Waals surface area contributed by atoms with Crippen LogP contribution in [0.3, 0.4) is 0 Å². The highest BCUT2D eigenvalue weighted by Gasteiger charge is 2.06. The van der Waals surface area contributed by atoms with Gasteiger partial charge in [0.2, 0.25) is 0 Å². The first kappa shape index (κ1) is 18.6. The van der Waals surface area contributed by atoms with Crippen LogP contribution in [0.15, 0.2) is 48.8 Å². The molecular weight excluding hydrogens is 292 g/mol. The Morgan fingerprint density at radius 3 is 1.75 bits per heavy atom. The molecule has 0 radical (unpaired) electrons. The monoisotopic (exact) mass is 326 g/mol. The van der Waals surface area contributed by atoms with Crippen molar-refractivity contribution < 1.29 is 0 Å². The number of hydrogen-bond acceptors (Lipinski definition) is 1. The van der Waals surface area contributed by atoms with Gasteiger partial charge >= 0.3 is 0 Å². The standard InChI is InChI=1S/C22H34N2/c1-3-5-7-9-17-23(18-10-8-6-4-2)21-13-15-22(16-14-21)24-19-11-12-20-24/h11-16,19-20H,3-10,17-18H2,1-2H3. The quantitative estimate of drug-likeness (QED) is 0.407. The molecule has 0 spiro atoms. The van der Waals surface area contributed by atoms with Gasteiger partial charge in [-0.2, -0.15) is 0 Å². The third-order valence-electron chi connectivity index (χ3n) is 4.68. The summed E-state index contributed by atoms with van der Waals surface area (Å²) in [5, 5.41) is 0. The number of rotatable bonds is 12. The molecule has 0 aliphatic rings. The lowest BCUT2D eigenvalue weighted by molar-refractivity contribution is 0.609. The molecule has 0 aliphatic carbocycles. The van der Waals surface area contributed by atoms with E-state index < -0.39 is 0 Å². The van der Waals surface area contributed by atoms with Gasteiger partial charge in [0.15, 0.2) is 0 Å². The van der Waals surface area contributed by atoms with Crippen LogP contribution in [-0.4, -0.2) is 17.7 Å². The maximum Gasteiger partial charge on any atom is 0.0450 e. The molecule has 1 aromatic carbocycles. The van der Waals surface area contributed by atoms with E-state index in [0.717, 1.165) is 0 Å². The van der Waals surface area contributed by atoms with Gasteiger partial charge in [0.1, 0.15) is 0 Å². The second-order valence-electron chi connectivity index (χ2n) is 6.72. The molecule has 2 heteroatoms. The summed E-state index contributed by atoms with van der Waals surface area (Å²) in [6.07, 6.45) is 14.8. The SMILES string of the molecule is CCCCCCN(CCCCCC)c1ccc(-n2cccc2)cc1. The molecule has 0 amide bonds. The minimum atomic E-state index is 1.19. The lowest BCUT2D eigenvalue weighted by atomic mass is 10.1. The number of nitrogens with zero attached hydrogens (tertiary/aromatic N) is 2. The first-order chi connectivity index (χ1) is 11.8. The molecule has 24 heavy (non-hydrogen) atoms. The Kier molecular flexibility index (Phi) is 8.51. The van der Waals surface area contributed by atoms with Crippen molar-refractivity contribution in [3.63, 3.8) is 0 Å². The molecule has 0 saturated heterocycles. The van der Waals surface area contributed by atoms with Crippen LogP contribution in [0.25, 0.3) is 5.69 Å². The molecule has 2 aromatic rings. The minimum absolute atomic E-state index is 1.19. The fraction of sp³-hybridized carbons (Fsp3) is 0.545. The number of unbranched alkanes of at least 4 members (excludes halogenated alkanes) is 6. The molecule has 0 saturated carbocycles. The van der Waals surface area contributed by atoms with E-state index in [9.17, 15) is 0 Å².